The lowest BCUT2D eigenvalue weighted by molar-refractivity contribution is -0.0505. The highest BCUT2D eigenvalue weighted by Crippen LogP contribution is 2.58. The predicted octanol–water partition coefficient (Wildman–Crippen LogP) is 5.17. The van der Waals surface area contributed by atoms with Crippen LogP contribution in [0.1, 0.15) is 30.3 Å². The van der Waals surface area contributed by atoms with Gasteiger partial charge < -0.3 is 9.30 Å². The largest absolute Gasteiger partial charge is 0.434 e. The van der Waals surface area contributed by atoms with Crippen LogP contribution in [0, 0.1) is 5.92 Å². The Morgan fingerprint density at radius 1 is 1.31 bits per heavy atom. The molecule has 0 bridgehead atoms. The van der Waals surface area contributed by atoms with Crippen LogP contribution < -0.4 is 4.74 Å². The van der Waals surface area contributed by atoms with Crippen LogP contribution in [0.2, 0.25) is 5.02 Å². The van der Waals surface area contributed by atoms with Crippen LogP contribution in [0.5, 0.6) is 5.75 Å². The maximum atomic E-state index is 13.0. The van der Waals surface area contributed by atoms with Gasteiger partial charge in [0.2, 0.25) is 0 Å². The molecule has 2 atom stereocenters. The van der Waals surface area contributed by atoms with Gasteiger partial charge in [0.15, 0.2) is 0 Å². The summed E-state index contributed by atoms with van der Waals surface area (Å²) in [5.74, 6) is 1.68. The number of alkyl halides is 2. The molecule has 0 N–H and O–H groups in total. The number of nitrogens with zero attached hydrogens (tertiary/aromatic N) is 2. The summed E-state index contributed by atoms with van der Waals surface area (Å²) in [5.41, 5.74) is 3.72. The van der Waals surface area contributed by atoms with Crippen molar-refractivity contribution >= 4 is 22.6 Å². The van der Waals surface area contributed by atoms with Gasteiger partial charge in [-0.2, -0.15) is 8.78 Å². The van der Waals surface area contributed by atoms with E-state index in [1.807, 2.05) is 30.3 Å². The van der Waals surface area contributed by atoms with Crippen molar-refractivity contribution in [3.63, 3.8) is 0 Å². The Kier molecular flexibility index (Phi) is 3.35. The maximum absolute atomic E-state index is 13.0. The second-order valence-electron chi connectivity index (χ2n) is 7.43. The highest BCUT2D eigenvalue weighted by atomic mass is 35.5. The predicted molar refractivity (Wildman–Crippen MR) is 96.1 cm³/mol. The molecule has 1 aromatic heterocycles. The van der Waals surface area contributed by atoms with Crippen molar-refractivity contribution in [3.05, 3.63) is 58.4 Å². The molecule has 1 aliphatic heterocycles. The van der Waals surface area contributed by atoms with Gasteiger partial charge in [0.1, 0.15) is 11.6 Å². The summed E-state index contributed by atoms with van der Waals surface area (Å²) in [6, 6.07) is 11.1. The average Bonchev–Trinajstić information content (AvgIpc) is 3.10. The normalized spacial score (nSPS) is 23.8. The van der Waals surface area contributed by atoms with E-state index in [0.29, 0.717) is 17.5 Å². The summed E-state index contributed by atoms with van der Waals surface area (Å²) in [6.45, 7) is -0.187. The van der Waals surface area contributed by atoms with Crippen molar-refractivity contribution < 1.29 is 13.5 Å². The first-order chi connectivity index (χ1) is 12.5. The molecule has 3 nitrogen and oxygen atoms in total. The minimum atomic E-state index is -2.84. The fourth-order valence-electron chi connectivity index (χ4n) is 4.41. The molecular formula is C20H17ClF2N2O. The van der Waals surface area contributed by atoms with Gasteiger partial charge in [-0.1, -0.05) is 30.7 Å². The van der Waals surface area contributed by atoms with Crippen molar-refractivity contribution in [1.29, 1.82) is 0 Å². The molecule has 0 unspecified atom stereocenters. The fraction of sp³-hybridized carbons (Fsp3) is 0.350. The van der Waals surface area contributed by atoms with E-state index >= 15 is 0 Å². The first-order valence-electron chi connectivity index (χ1n) is 8.67. The Morgan fingerprint density at radius 3 is 2.96 bits per heavy atom. The van der Waals surface area contributed by atoms with Crippen LogP contribution in [0.15, 0.2) is 36.4 Å². The number of aromatic nitrogens is 2. The maximum Gasteiger partial charge on any atom is 0.387 e. The minimum absolute atomic E-state index is 0.00213. The van der Waals surface area contributed by atoms with Crippen molar-refractivity contribution in [2.24, 2.45) is 5.92 Å². The molecule has 26 heavy (non-hydrogen) atoms. The van der Waals surface area contributed by atoms with Crippen LogP contribution in [-0.2, 0) is 18.4 Å². The van der Waals surface area contributed by atoms with Crippen molar-refractivity contribution in [2.75, 3.05) is 0 Å². The van der Waals surface area contributed by atoms with E-state index in [1.165, 1.54) is 0 Å². The van der Waals surface area contributed by atoms with Gasteiger partial charge in [0.05, 0.1) is 17.6 Å². The van der Waals surface area contributed by atoms with Gasteiger partial charge in [0.25, 0.3) is 0 Å². The Bertz CT molecular complexity index is 1030. The van der Waals surface area contributed by atoms with Gasteiger partial charge in [0, 0.05) is 17.0 Å². The zero-order chi connectivity index (χ0) is 18.1. The molecule has 0 spiro atoms. The average molecular weight is 375 g/mol. The molecule has 6 heteroatoms. The van der Waals surface area contributed by atoms with E-state index in [9.17, 15) is 8.78 Å². The molecular weight excluding hydrogens is 358 g/mol. The van der Waals surface area contributed by atoms with Crippen LogP contribution in [0.3, 0.4) is 0 Å². The molecule has 1 saturated carbocycles. The van der Waals surface area contributed by atoms with Crippen molar-refractivity contribution in [2.45, 2.75) is 38.3 Å². The molecule has 2 aromatic carbocycles. The Hall–Kier alpha value is -2.14. The Morgan fingerprint density at radius 2 is 2.15 bits per heavy atom. The third kappa shape index (κ3) is 2.33. The van der Waals surface area contributed by atoms with E-state index < -0.39 is 6.61 Å². The Balaban J connectivity index is 1.74. The van der Waals surface area contributed by atoms with Crippen molar-refractivity contribution in [1.82, 2.24) is 9.55 Å². The lowest BCUT2D eigenvalue weighted by Gasteiger charge is -2.24. The molecule has 5 rings (SSSR count). The molecule has 1 fully saturated rings. The molecule has 1 aliphatic carbocycles. The number of halogens is 3. The zero-order valence-corrected chi connectivity index (χ0v) is 14.9. The second-order valence-corrected chi connectivity index (χ2v) is 7.87. The van der Waals surface area contributed by atoms with Crippen LogP contribution >= 0.6 is 11.6 Å². The first kappa shape index (κ1) is 16.1. The van der Waals surface area contributed by atoms with E-state index in [1.54, 1.807) is 6.07 Å². The van der Waals surface area contributed by atoms with Crippen molar-refractivity contribution in [3.8, 4) is 5.75 Å². The minimum Gasteiger partial charge on any atom is -0.434 e. The quantitative estimate of drug-likeness (QED) is 0.618. The van der Waals surface area contributed by atoms with Crippen LogP contribution in [0.25, 0.3) is 11.0 Å². The highest BCUT2D eigenvalue weighted by Gasteiger charge is 2.53. The molecule has 3 aromatic rings. The molecule has 0 saturated heterocycles. The van der Waals surface area contributed by atoms with Gasteiger partial charge in [-0.15, -0.1) is 0 Å². The number of rotatable bonds is 2. The van der Waals surface area contributed by atoms with Gasteiger partial charge >= 0.3 is 6.61 Å². The SMILES string of the molecule is C[C@@]12C[C@H]1Cc1nc3ccc(Cl)cc3n1Cc1c(OC(F)F)cccc12. The standard InChI is InChI=1S/C20H17ClF2N2O/c1-20-9-11(20)7-18-24-15-6-5-12(21)8-16(15)25(18)10-13-14(20)3-2-4-17(13)26-19(22)23/h2-6,8,11,19H,7,9-10H2,1H3/t11-,20-/m1/s1. The molecule has 2 heterocycles. The van der Waals surface area contributed by atoms with E-state index in [-0.39, 0.29) is 11.2 Å². The summed E-state index contributed by atoms with van der Waals surface area (Å²) >= 11 is 6.19. The van der Waals surface area contributed by atoms with Crippen LogP contribution in [0.4, 0.5) is 8.78 Å². The number of fused-ring (bicyclic) bond motifs is 6. The number of hydrogen-bond acceptors (Lipinski definition) is 2. The van der Waals surface area contributed by atoms with Gasteiger partial charge in [-0.25, -0.2) is 4.98 Å². The van der Waals surface area contributed by atoms with Gasteiger partial charge in [-0.05, 0) is 47.6 Å². The molecule has 2 aliphatic rings. The summed E-state index contributed by atoms with van der Waals surface area (Å²) in [6.07, 6.45) is 1.91. The molecule has 0 radical (unpaired) electrons. The highest BCUT2D eigenvalue weighted by molar-refractivity contribution is 6.31. The summed E-state index contributed by atoms with van der Waals surface area (Å²) in [5, 5.41) is 0.635. The number of benzene rings is 2. The van der Waals surface area contributed by atoms with Crippen LogP contribution in [-0.4, -0.2) is 16.2 Å². The lowest BCUT2D eigenvalue weighted by Crippen LogP contribution is -2.19. The third-order valence-electron chi connectivity index (χ3n) is 5.91. The van der Waals surface area contributed by atoms with E-state index in [2.05, 4.69) is 11.5 Å². The van der Waals surface area contributed by atoms with Gasteiger partial charge in [-0.3, -0.25) is 0 Å². The monoisotopic (exact) mass is 374 g/mol. The number of hydrogen-bond donors (Lipinski definition) is 0. The third-order valence-corrected chi connectivity index (χ3v) is 6.15. The van der Waals surface area contributed by atoms with E-state index in [4.69, 9.17) is 21.3 Å². The lowest BCUT2D eigenvalue weighted by atomic mass is 9.88. The Labute approximate surface area is 154 Å². The fourth-order valence-corrected chi connectivity index (χ4v) is 4.57. The topological polar surface area (TPSA) is 27.1 Å². The smallest absolute Gasteiger partial charge is 0.387 e. The molecule has 0 amide bonds. The summed E-state index contributed by atoms with van der Waals surface area (Å²) < 4.78 is 32.9. The first-order valence-corrected chi connectivity index (χ1v) is 9.05. The van der Waals surface area contributed by atoms with E-state index in [0.717, 1.165) is 40.8 Å². The zero-order valence-electron chi connectivity index (χ0n) is 14.2. The number of imidazole rings is 1. The second kappa shape index (κ2) is 5.43. The number of ether oxygens (including phenoxy) is 1. The summed E-state index contributed by atoms with van der Waals surface area (Å²) in [4.78, 5) is 4.78. The molecule has 134 valence electrons. The summed E-state index contributed by atoms with van der Waals surface area (Å²) in [7, 11) is 0.